The molecular formula is C62H68Cl2FN13O11. The third-order valence-electron chi connectivity index (χ3n) is 13.8. The summed E-state index contributed by atoms with van der Waals surface area (Å²) >= 11 is 12.7. The van der Waals surface area contributed by atoms with Gasteiger partial charge in [-0.2, -0.15) is 4.98 Å². The van der Waals surface area contributed by atoms with Gasteiger partial charge in [0.15, 0.2) is 17.3 Å². The van der Waals surface area contributed by atoms with E-state index in [9.17, 15) is 18.8 Å². The van der Waals surface area contributed by atoms with Crippen LogP contribution in [0.4, 0.5) is 38.0 Å². The maximum absolute atomic E-state index is 15.1. The molecule has 9 rings (SSSR count). The lowest BCUT2D eigenvalue weighted by Crippen LogP contribution is -2.57. The van der Waals surface area contributed by atoms with E-state index in [1.807, 2.05) is 44.2 Å². The molecule has 7 aromatic rings. The molecule has 1 saturated heterocycles. The molecule has 0 saturated carbocycles. The molecule has 5 amide bonds. The van der Waals surface area contributed by atoms with Gasteiger partial charge in [-0.3, -0.25) is 24.3 Å². The first kappa shape index (κ1) is 64.5. The summed E-state index contributed by atoms with van der Waals surface area (Å²) < 4.78 is 55.7. The van der Waals surface area contributed by atoms with Crippen LogP contribution < -0.4 is 35.5 Å². The van der Waals surface area contributed by atoms with E-state index in [0.717, 1.165) is 17.3 Å². The smallest absolute Gasteiger partial charge is 0.326 e. The van der Waals surface area contributed by atoms with Crippen molar-refractivity contribution in [1.29, 1.82) is 0 Å². The van der Waals surface area contributed by atoms with Crippen molar-refractivity contribution in [2.24, 2.45) is 4.99 Å². The van der Waals surface area contributed by atoms with Crippen LogP contribution in [0.15, 0.2) is 133 Å². The number of halogens is 3. The molecule has 5 aromatic carbocycles. The van der Waals surface area contributed by atoms with Crippen molar-refractivity contribution in [2.75, 3.05) is 116 Å². The summed E-state index contributed by atoms with van der Waals surface area (Å²) in [5.74, 6) is 0.164. The number of amidine groups is 1. The number of benzene rings is 5. The van der Waals surface area contributed by atoms with Crippen LogP contribution in [0.25, 0.3) is 0 Å². The van der Waals surface area contributed by atoms with Gasteiger partial charge in [0, 0.05) is 59.9 Å². The number of rotatable bonds is 30. The minimum Gasteiger partial charge on any atom is -0.497 e. The number of amides is 5. The van der Waals surface area contributed by atoms with Crippen LogP contribution in [-0.4, -0.2) is 175 Å². The Bertz CT molecular complexity index is 3550. The predicted molar refractivity (Wildman–Crippen MR) is 331 cm³/mol. The lowest BCUT2D eigenvalue weighted by molar-refractivity contribution is -0.139. The van der Waals surface area contributed by atoms with Crippen LogP contribution in [0.1, 0.15) is 53.1 Å². The molecule has 24 nitrogen and oxygen atoms in total. The average Bonchev–Trinajstić information content (AvgIpc) is 1.63. The van der Waals surface area contributed by atoms with Gasteiger partial charge in [-0.1, -0.05) is 58.7 Å². The van der Waals surface area contributed by atoms with E-state index < -0.39 is 35.7 Å². The fraction of sp³-hybridized carbons (Fsp3) is 0.339. The number of methoxy groups -OCH3 is 2. The minimum atomic E-state index is -0.679. The Labute approximate surface area is 523 Å². The first-order valence-corrected chi connectivity index (χ1v) is 29.4. The van der Waals surface area contributed by atoms with E-state index >= 15 is 4.79 Å². The molecule has 2 atom stereocenters. The summed E-state index contributed by atoms with van der Waals surface area (Å²) in [6.07, 6.45) is 2.32. The molecule has 27 heteroatoms. The molecular weight excluding hydrogens is 1190 g/mol. The zero-order valence-electron chi connectivity index (χ0n) is 49.4. The largest absolute Gasteiger partial charge is 0.497 e. The molecule has 2 aliphatic heterocycles. The molecule has 0 unspecified atom stereocenters. The molecule has 2 aliphatic rings. The second-order valence-electron chi connectivity index (χ2n) is 20.5. The summed E-state index contributed by atoms with van der Waals surface area (Å²) in [6, 6.07) is 32.0. The van der Waals surface area contributed by atoms with E-state index in [1.165, 1.54) is 20.7 Å². The van der Waals surface area contributed by atoms with Gasteiger partial charge < -0.3 is 64.2 Å². The molecule has 0 aliphatic carbocycles. The number of aliphatic imine (C=N–C) groups is 1. The predicted octanol–water partition coefficient (Wildman–Crippen LogP) is 8.75. The van der Waals surface area contributed by atoms with Gasteiger partial charge in [0.2, 0.25) is 17.8 Å². The first-order valence-electron chi connectivity index (χ1n) is 28.6. The number of ether oxygens (including phenoxy) is 7. The summed E-state index contributed by atoms with van der Waals surface area (Å²) in [7, 11) is 3.16. The number of urea groups is 1. The summed E-state index contributed by atoms with van der Waals surface area (Å²) in [4.78, 5) is 73.0. The van der Waals surface area contributed by atoms with Crippen LogP contribution in [0.3, 0.4) is 0 Å². The fourth-order valence-electron chi connectivity index (χ4n) is 9.44. The van der Waals surface area contributed by atoms with E-state index in [0.29, 0.717) is 88.7 Å². The fourth-order valence-corrected chi connectivity index (χ4v) is 9.70. The maximum atomic E-state index is 15.1. The zero-order chi connectivity index (χ0) is 62.7. The second-order valence-corrected chi connectivity index (χ2v) is 21.3. The highest BCUT2D eigenvalue weighted by Gasteiger charge is 2.46. The molecule has 1 fully saturated rings. The minimum absolute atomic E-state index is 0.0779. The Hall–Kier alpha value is -8.98. The number of hydrogen-bond acceptors (Lipinski definition) is 18. The topological polar surface area (TPSA) is 260 Å². The number of piperazine rings is 1. The summed E-state index contributed by atoms with van der Waals surface area (Å²) in [6.45, 7) is 6.65. The van der Waals surface area contributed by atoms with Gasteiger partial charge in [-0.15, -0.1) is 5.10 Å². The second kappa shape index (κ2) is 31.8. The van der Waals surface area contributed by atoms with Crippen molar-refractivity contribution >= 4 is 81.6 Å². The summed E-state index contributed by atoms with van der Waals surface area (Å²) in [5, 5.41) is 20.6. The zero-order valence-corrected chi connectivity index (χ0v) is 50.9. The van der Waals surface area contributed by atoms with Gasteiger partial charge in [0.05, 0.1) is 96.6 Å². The Morgan fingerprint density at radius 3 is 2.16 bits per heavy atom. The van der Waals surface area contributed by atoms with E-state index in [-0.39, 0.29) is 88.6 Å². The quantitative estimate of drug-likeness (QED) is 0.0307. The molecule has 4 heterocycles. The SMILES string of the molecule is COCCOc1ccc(Nc2ncc(F)c(Nc3cccc(NC(=O)c4cn(CCOCCOCCOCCNC(=O)CN5CCN(C(=O)N6C(c7ccc(OC)cc7OC(C)C)=N[C@H](c7ccc(Cl)cc7)[C@@H]6c6ccc(Cl)cc6)CC5=O)nn4)c3)n2)cc1. The van der Waals surface area contributed by atoms with Crippen molar-refractivity contribution in [3.8, 4) is 17.2 Å². The van der Waals surface area contributed by atoms with Crippen LogP contribution in [-0.2, 0) is 35.1 Å². The van der Waals surface area contributed by atoms with Crippen molar-refractivity contribution in [1.82, 2.24) is 45.0 Å². The first-order chi connectivity index (χ1) is 43.2. The van der Waals surface area contributed by atoms with Crippen molar-refractivity contribution in [2.45, 2.75) is 38.6 Å². The molecule has 89 heavy (non-hydrogen) atoms. The van der Waals surface area contributed by atoms with Crippen molar-refractivity contribution in [3.05, 3.63) is 166 Å². The van der Waals surface area contributed by atoms with Gasteiger partial charge in [0.25, 0.3) is 5.91 Å². The number of aromatic nitrogens is 5. The Kier molecular flexibility index (Phi) is 23.0. The van der Waals surface area contributed by atoms with Crippen LogP contribution in [0.5, 0.6) is 17.2 Å². The monoisotopic (exact) mass is 1260 g/mol. The van der Waals surface area contributed by atoms with E-state index in [4.69, 9.17) is 61.4 Å². The van der Waals surface area contributed by atoms with Crippen molar-refractivity contribution < 1.29 is 56.7 Å². The van der Waals surface area contributed by atoms with Gasteiger partial charge in [-0.25, -0.2) is 18.9 Å². The van der Waals surface area contributed by atoms with E-state index in [2.05, 4.69) is 41.5 Å². The molecule has 0 spiro atoms. The third-order valence-corrected chi connectivity index (χ3v) is 14.3. The van der Waals surface area contributed by atoms with Gasteiger partial charge >= 0.3 is 6.03 Å². The van der Waals surface area contributed by atoms with Crippen LogP contribution in [0, 0.1) is 5.82 Å². The molecule has 0 radical (unpaired) electrons. The molecule has 4 N–H and O–H groups in total. The van der Waals surface area contributed by atoms with E-state index in [1.54, 1.807) is 104 Å². The normalized spacial score (nSPS) is 14.8. The lowest BCUT2D eigenvalue weighted by Gasteiger charge is -2.38. The highest BCUT2D eigenvalue weighted by atomic mass is 35.5. The number of anilines is 5. The number of carbonyl (C=O) groups is 4. The highest BCUT2D eigenvalue weighted by molar-refractivity contribution is 6.30. The van der Waals surface area contributed by atoms with Crippen LogP contribution in [0.2, 0.25) is 10.0 Å². The number of hydrogen-bond donors (Lipinski definition) is 4. The maximum Gasteiger partial charge on any atom is 0.326 e. The summed E-state index contributed by atoms with van der Waals surface area (Å²) in [5.41, 5.74) is 3.74. The number of nitrogens with zero attached hydrogens (tertiary/aromatic N) is 9. The number of nitrogens with one attached hydrogen (secondary N) is 4. The van der Waals surface area contributed by atoms with Gasteiger partial charge in [0.1, 0.15) is 42.3 Å². The average molecular weight is 1260 g/mol. The lowest BCUT2D eigenvalue weighted by atomic mass is 9.93. The third kappa shape index (κ3) is 18.1. The Morgan fingerprint density at radius 1 is 0.753 bits per heavy atom. The molecule has 0 bridgehead atoms. The van der Waals surface area contributed by atoms with Crippen molar-refractivity contribution in [3.63, 3.8) is 0 Å². The Morgan fingerprint density at radius 2 is 1.45 bits per heavy atom. The highest BCUT2D eigenvalue weighted by Crippen LogP contribution is 2.46. The molecule has 2 aromatic heterocycles. The standard InChI is InChI=1S/C62H68Cl2FN13O11/c1-40(2)89-53-35-49(84-4)20-21-50(53)59-71-56(41-8-12-43(63)13-9-41)57(42-10-14-44(64)15-11-42)78(59)62(82)76-24-23-75(55(80)39-76)38-54(79)66-22-26-85-29-31-87-32-30-86-27-25-77-37-52(73-74-77)60(81)69-47-7-5-6-46(34-47)68-58-51(65)36-67-61(72-58)70-45-16-18-48(19-17-45)88-33-28-83-3/h5-21,34-37,40,56-57H,22-33,38-39H2,1-4H3,(H,66,79)(H,69,81)(H2,67,68,70,72)/t56-,57+/m1/s1. The molecule has 468 valence electrons. The van der Waals surface area contributed by atoms with Gasteiger partial charge in [-0.05, 0) is 104 Å². The Balaban J connectivity index is 0.659. The number of carbonyl (C=O) groups excluding carboxylic acids is 4. The van der Waals surface area contributed by atoms with Crippen LogP contribution >= 0.6 is 23.2 Å².